The summed E-state index contributed by atoms with van der Waals surface area (Å²) in [6, 6.07) is 0. The molecule has 1 amide bonds. The van der Waals surface area contributed by atoms with Gasteiger partial charge in [-0.2, -0.15) is 0 Å². The van der Waals surface area contributed by atoms with Crippen LogP contribution in [0.3, 0.4) is 0 Å². The fourth-order valence-electron chi connectivity index (χ4n) is 3.09. The molecule has 2 saturated carbocycles. The largest absolute Gasteiger partial charge is 0.342 e. The van der Waals surface area contributed by atoms with Crippen LogP contribution in [-0.4, -0.2) is 37.0 Å². The Labute approximate surface area is 122 Å². The lowest BCUT2D eigenvalue weighted by Gasteiger charge is -2.37. The molecular formula is C15H27ClN2O. The molecule has 3 nitrogen and oxygen atoms in total. The van der Waals surface area contributed by atoms with Crippen LogP contribution >= 0.6 is 12.4 Å². The molecule has 1 heterocycles. The number of hydrogen-bond acceptors (Lipinski definition) is 2. The molecule has 0 bridgehead atoms. The predicted octanol–water partition coefficient (Wildman–Crippen LogP) is 2.45. The van der Waals surface area contributed by atoms with Crippen LogP contribution in [0.15, 0.2) is 0 Å². The van der Waals surface area contributed by atoms with Crippen LogP contribution in [0, 0.1) is 17.3 Å². The molecule has 1 N–H and O–H groups in total. The minimum absolute atomic E-state index is 0. The van der Waals surface area contributed by atoms with E-state index in [9.17, 15) is 4.79 Å². The van der Waals surface area contributed by atoms with Gasteiger partial charge in [-0.05, 0) is 63.8 Å². The fourth-order valence-corrected chi connectivity index (χ4v) is 3.09. The van der Waals surface area contributed by atoms with Crippen molar-refractivity contribution < 1.29 is 4.79 Å². The van der Waals surface area contributed by atoms with Crippen molar-refractivity contribution in [1.82, 2.24) is 10.2 Å². The number of halogens is 1. The number of carbonyl (C=O) groups excluding carboxylic acids is 1. The zero-order chi connectivity index (χ0) is 12.6. The van der Waals surface area contributed by atoms with Gasteiger partial charge in [0.1, 0.15) is 0 Å². The van der Waals surface area contributed by atoms with Gasteiger partial charge in [-0.15, -0.1) is 12.4 Å². The number of amides is 1. The second kappa shape index (κ2) is 6.01. The normalized spacial score (nSPS) is 30.6. The van der Waals surface area contributed by atoms with Gasteiger partial charge in [-0.1, -0.05) is 0 Å². The highest BCUT2D eigenvalue weighted by atomic mass is 35.5. The van der Waals surface area contributed by atoms with Gasteiger partial charge >= 0.3 is 0 Å². The summed E-state index contributed by atoms with van der Waals surface area (Å²) in [6.07, 6.45) is 7.55. The van der Waals surface area contributed by atoms with Gasteiger partial charge in [0, 0.05) is 19.6 Å². The number of piperidine rings is 1. The zero-order valence-corrected chi connectivity index (χ0v) is 12.8. The van der Waals surface area contributed by atoms with Crippen LogP contribution in [-0.2, 0) is 4.79 Å². The van der Waals surface area contributed by atoms with Crippen LogP contribution < -0.4 is 5.32 Å². The van der Waals surface area contributed by atoms with Crippen molar-refractivity contribution in [2.45, 2.75) is 45.4 Å². The summed E-state index contributed by atoms with van der Waals surface area (Å²) in [5.74, 6) is 2.05. The minimum Gasteiger partial charge on any atom is -0.342 e. The Morgan fingerprint density at radius 3 is 2.21 bits per heavy atom. The molecule has 0 radical (unpaired) electrons. The monoisotopic (exact) mass is 286 g/mol. The van der Waals surface area contributed by atoms with Gasteiger partial charge in [-0.3, -0.25) is 4.79 Å². The van der Waals surface area contributed by atoms with E-state index >= 15 is 0 Å². The summed E-state index contributed by atoms with van der Waals surface area (Å²) >= 11 is 0. The highest BCUT2D eigenvalue weighted by molar-refractivity contribution is 5.85. The quantitative estimate of drug-likeness (QED) is 0.842. The third-order valence-electron chi connectivity index (χ3n) is 4.75. The Hall–Kier alpha value is -0.280. The van der Waals surface area contributed by atoms with Crippen molar-refractivity contribution in [1.29, 1.82) is 0 Å². The highest BCUT2D eigenvalue weighted by Gasteiger charge is 2.40. The summed E-state index contributed by atoms with van der Waals surface area (Å²) in [5.41, 5.74) is -0.137. The molecule has 3 aliphatic rings. The summed E-state index contributed by atoms with van der Waals surface area (Å²) in [4.78, 5) is 15.0. The maximum atomic E-state index is 12.8. The molecule has 3 fully saturated rings. The maximum Gasteiger partial charge on any atom is 0.229 e. The van der Waals surface area contributed by atoms with Crippen molar-refractivity contribution in [3.8, 4) is 0 Å². The Bertz CT molecular complexity index is 306. The molecule has 0 aromatic carbocycles. The molecular weight excluding hydrogens is 260 g/mol. The van der Waals surface area contributed by atoms with Gasteiger partial charge in [0.05, 0.1) is 5.41 Å². The smallest absolute Gasteiger partial charge is 0.229 e. The van der Waals surface area contributed by atoms with Crippen molar-refractivity contribution >= 4 is 18.3 Å². The van der Waals surface area contributed by atoms with Gasteiger partial charge in [-0.25, -0.2) is 0 Å². The van der Waals surface area contributed by atoms with Crippen molar-refractivity contribution in [3.05, 3.63) is 0 Å². The SMILES string of the molecule is CC1(C(=O)N(CC2CC2)CC2CC2)CCCNC1.Cl. The van der Waals surface area contributed by atoms with E-state index in [1.54, 1.807) is 0 Å². The summed E-state index contributed by atoms with van der Waals surface area (Å²) in [5, 5.41) is 3.40. The van der Waals surface area contributed by atoms with Crippen LogP contribution in [0.2, 0.25) is 0 Å². The Kier molecular flexibility index (Phi) is 4.78. The molecule has 1 saturated heterocycles. The maximum absolute atomic E-state index is 12.8. The average Bonchev–Trinajstić information content (AvgIpc) is 3.23. The third-order valence-corrected chi connectivity index (χ3v) is 4.75. The Morgan fingerprint density at radius 1 is 1.21 bits per heavy atom. The van der Waals surface area contributed by atoms with E-state index in [1.807, 2.05) is 0 Å². The lowest BCUT2D eigenvalue weighted by atomic mass is 9.81. The lowest BCUT2D eigenvalue weighted by Crippen LogP contribution is -2.51. The molecule has 3 rings (SSSR count). The molecule has 0 aromatic rings. The topological polar surface area (TPSA) is 32.3 Å². The number of carbonyl (C=O) groups is 1. The minimum atomic E-state index is -0.137. The molecule has 19 heavy (non-hydrogen) atoms. The first-order chi connectivity index (χ1) is 8.67. The number of rotatable bonds is 5. The number of nitrogens with zero attached hydrogens (tertiary/aromatic N) is 1. The van der Waals surface area contributed by atoms with E-state index in [0.29, 0.717) is 5.91 Å². The average molecular weight is 287 g/mol. The molecule has 110 valence electrons. The van der Waals surface area contributed by atoms with E-state index in [-0.39, 0.29) is 17.8 Å². The number of nitrogens with one attached hydrogen (secondary N) is 1. The van der Waals surface area contributed by atoms with Crippen LogP contribution in [0.25, 0.3) is 0 Å². The van der Waals surface area contributed by atoms with E-state index in [2.05, 4.69) is 17.1 Å². The lowest BCUT2D eigenvalue weighted by molar-refractivity contribution is -0.142. The van der Waals surface area contributed by atoms with Crippen molar-refractivity contribution in [2.75, 3.05) is 26.2 Å². The Balaban J connectivity index is 0.00000133. The van der Waals surface area contributed by atoms with Gasteiger partial charge < -0.3 is 10.2 Å². The molecule has 0 aromatic heterocycles. The summed E-state index contributed by atoms with van der Waals surface area (Å²) in [7, 11) is 0. The first-order valence-corrected chi connectivity index (χ1v) is 7.67. The molecule has 4 heteroatoms. The molecule has 1 unspecified atom stereocenters. The fraction of sp³-hybridized carbons (Fsp3) is 0.933. The third kappa shape index (κ3) is 3.85. The van der Waals surface area contributed by atoms with E-state index in [0.717, 1.165) is 50.9 Å². The predicted molar refractivity (Wildman–Crippen MR) is 79.5 cm³/mol. The van der Waals surface area contributed by atoms with Gasteiger partial charge in [0.15, 0.2) is 0 Å². The zero-order valence-electron chi connectivity index (χ0n) is 12.0. The van der Waals surface area contributed by atoms with Crippen LogP contribution in [0.4, 0.5) is 0 Å². The van der Waals surface area contributed by atoms with E-state index < -0.39 is 0 Å². The molecule has 1 atom stereocenters. The number of hydrogen-bond donors (Lipinski definition) is 1. The molecule has 0 spiro atoms. The molecule has 1 aliphatic heterocycles. The van der Waals surface area contributed by atoms with Crippen LogP contribution in [0.5, 0.6) is 0 Å². The van der Waals surface area contributed by atoms with Crippen LogP contribution in [0.1, 0.15) is 45.4 Å². The van der Waals surface area contributed by atoms with Gasteiger partial charge in [0.25, 0.3) is 0 Å². The van der Waals surface area contributed by atoms with E-state index in [1.165, 1.54) is 25.7 Å². The molecule has 2 aliphatic carbocycles. The summed E-state index contributed by atoms with van der Waals surface area (Å²) < 4.78 is 0. The first-order valence-electron chi connectivity index (χ1n) is 7.67. The van der Waals surface area contributed by atoms with E-state index in [4.69, 9.17) is 0 Å². The Morgan fingerprint density at radius 2 is 1.79 bits per heavy atom. The van der Waals surface area contributed by atoms with Crippen molar-refractivity contribution in [3.63, 3.8) is 0 Å². The standard InChI is InChI=1S/C15H26N2O.ClH/c1-15(7-2-8-16-11-15)14(18)17(9-12-3-4-12)10-13-5-6-13;/h12-13,16H,2-11H2,1H3;1H. The first kappa shape index (κ1) is 15.1. The second-order valence-electron chi connectivity index (χ2n) is 6.94. The van der Waals surface area contributed by atoms with Crippen molar-refractivity contribution in [2.24, 2.45) is 17.3 Å². The highest BCUT2D eigenvalue weighted by Crippen LogP contribution is 2.36. The summed E-state index contributed by atoms with van der Waals surface area (Å²) in [6.45, 7) is 6.18. The second-order valence-corrected chi connectivity index (χ2v) is 6.94. The van der Waals surface area contributed by atoms with Gasteiger partial charge in [0.2, 0.25) is 5.91 Å².